The van der Waals surface area contributed by atoms with Gasteiger partial charge in [-0.05, 0) is 97.8 Å². The average Bonchev–Trinajstić information content (AvgIpc) is 3.75. The summed E-state index contributed by atoms with van der Waals surface area (Å²) in [5.74, 6) is -0.972. The van der Waals surface area contributed by atoms with Crippen molar-refractivity contribution in [3.8, 4) is 34.2 Å². The van der Waals surface area contributed by atoms with E-state index in [0.29, 0.717) is 22.5 Å². The van der Waals surface area contributed by atoms with Gasteiger partial charge in [-0.3, -0.25) is 4.79 Å². The van der Waals surface area contributed by atoms with Crippen LogP contribution in [0.2, 0.25) is 0 Å². The highest BCUT2D eigenvalue weighted by Crippen LogP contribution is 2.42. The molecule has 0 spiro atoms. The third-order valence-electron chi connectivity index (χ3n) is 10.3. The van der Waals surface area contributed by atoms with Crippen molar-refractivity contribution in [2.45, 2.75) is 40.8 Å². The van der Waals surface area contributed by atoms with E-state index in [0.717, 1.165) is 79.9 Å². The largest absolute Gasteiger partial charge is 0.492 e. The lowest BCUT2D eigenvalue weighted by atomic mass is 9.90. The molecule has 2 N–H and O–H groups in total. The summed E-state index contributed by atoms with van der Waals surface area (Å²) in [6.45, 7) is 12.6. The second-order valence-corrected chi connectivity index (χ2v) is 14.8. The Morgan fingerprint density at radius 1 is 0.862 bits per heavy atom. The van der Waals surface area contributed by atoms with Crippen molar-refractivity contribution in [1.82, 2.24) is 29.2 Å². The van der Waals surface area contributed by atoms with E-state index in [1.165, 1.54) is 12.1 Å². The first-order chi connectivity index (χ1) is 28.0. The fourth-order valence-electron chi connectivity index (χ4n) is 7.20. The average molecular weight is 893 g/mol. The standard InChI is InChI=1S/C44H44IN7O6/c1-6-49(7-2)30-18-20-34-37(24-30)57-38-25-31(50(8-3)9-4)19-21-35(38)41(34)32-12-10-11-13-33(32)43(55)48(5)27-36-42(45)51(47-46-36)26-28-14-16-29(17-15-28)44(56)58-52-39(53)22-23-40(52)54/h10-25,55H,6-9,26-27H2,1-5H3/p+1/i45-2. The number of hydrogen-bond donors (Lipinski definition) is 2. The van der Waals surface area contributed by atoms with E-state index in [2.05, 4.69) is 106 Å². The quantitative estimate of drug-likeness (QED) is 0.0722. The second kappa shape index (κ2) is 17.1. The van der Waals surface area contributed by atoms with Gasteiger partial charge in [-0.2, -0.15) is 0 Å². The van der Waals surface area contributed by atoms with E-state index >= 15 is 0 Å². The lowest BCUT2D eigenvalue weighted by Gasteiger charge is -2.23. The first-order valence-electron chi connectivity index (χ1n) is 19.2. The van der Waals surface area contributed by atoms with Crippen LogP contribution in [0, 0.1) is 3.70 Å². The van der Waals surface area contributed by atoms with Crippen LogP contribution in [0.1, 0.15) is 59.7 Å². The van der Waals surface area contributed by atoms with E-state index in [9.17, 15) is 19.8 Å². The van der Waals surface area contributed by atoms with Gasteiger partial charge in [0.05, 0.1) is 24.7 Å². The summed E-state index contributed by atoms with van der Waals surface area (Å²) < 4.78 is 12.1. The van der Waals surface area contributed by atoms with Crippen LogP contribution < -0.4 is 19.7 Å². The van der Waals surface area contributed by atoms with Crippen LogP contribution in [0.15, 0.2) is 101 Å². The number of nitrogens with zero attached hydrogens (tertiary/aromatic N) is 7. The molecule has 1 aliphatic carbocycles. The van der Waals surface area contributed by atoms with E-state index in [-0.39, 0.29) is 18.0 Å². The number of rotatable bonds is 13. The fourth-order valence-corrected chi connectivity index (χ4v) is 7.75. The van der Waals surface area contributed by atoms with Crippen molar-refractivity contribution >= 4 is 51.1 Å². The Kier molecular flexibility index (Phi) is 11.8. The number of halogens is 1. The van der Waals surface area contributed by atoms with Crippen LogP contribution in [0.3, 0.4) is 0 Å². The van der Waals surface area contributed by atoms with E-state index < -0.39 is 17.7 Å². The summed E-state index contributed by atoms with van der Waals surface area (Å²) >= 11 is 2.19. The fraction of sp³-hybridized carbons (Fsp3) is 0.250. The molecule has 2 aliphatic rings. The summed E-state index contributed by atoms with van der Waals surface area (Å²) in [7, 11) is 1.77. The summed E-state index contributed by atoms with van der Waals surface area (Å²) in [6.07, 6.45) is 0. The maximum Gasteiger partial charge on any atom is 0.363 e. The van der Waals surface area contributed by atoms with E-state index in [4.69, 9.17) is 9.25 Å². The van der Waals surface area contributed by atoms with Crippen molar-refractivity contribution in [3.05, 3.63) is 129 Å². The smallest absolute Gasteiger partial charge is 0.363 e. The molecule has 58 heavy (non-hydrogen) atoms. The molecule has 5 aromatic rings. The van der Waals surface area contributed by atoms with Crippen LogP contribution in [-0.2, 0) is 13.1 Å². The molecule has 2 aromatic heterocycles. The molecule has 7 rings (SSSR count). The Labute approximate surface area is 349 Å². The molecule has 3 aromatic carbocycles. The van der Waals surface area contributed by atoms with Gasteiger partial charge in [0, 0.05) is 72.2 Å². The van der Waals surface area contributed by atoms with Crippen LogP contribution >= 0.6 is 22.6 Å². The number of amides is 1. The van der Waals surface area contributed by atoms with Gasteiger partial charge in [0.15, 0.2) is 0 Å². The molecular weight excluding hydrogens is 847 g/mol. The van der Waals surface area contributed by atoms with Crippen LogP contribution in [-0.4, -0.2) is 79.9 Å². The van der Waals surface area contributed by atoms with Crippen LogP contribution in [0.4, 0.5) is 5.69 Å². The zero-order chi connectivity index (χ0) is 41.1. The molecule has 14 heteroatoms. The molecular formula is C44H45IN7O6+. The Morgan fingerprint density at radius 3 is 2.26 bits per heavy atom. The molecule has 0 unspecified atom stereocenters. The van der Waals surface area contributed by atoms with Gasteiger partial charge in [0.1, 0.15) is 33.8 Å². The highest BCUT2D eigenvalue weighted by Gasteiger charge is 2.25. The number of anilines is 1. The highest BCUT2D eigenvalue weighted by molar-refractivity contribution is 14.1. The predicted octanol–water partition coefficient (Wildman–Crippen LogP) is 6.86. The van der Waals surface area contributed by atoms with Crippen molar-refractivity contribution in [2.75, 3.05) is 38.1 Å². The molecule has 1 amide bonds. The molecule has 1 aliphatic heterocycles. The first-order valence-corrected chi connectivity index (χ1v) is 20.3. The Morgan fingerprint density at radius 2 is 1.57 bits per heavy atom. The van der Waals surface area contributed by atoms with Crippen molar-refractivity contribution in [3.63, 3.8) is 0 Å². The minimum atomic E-state index is -0.752. The van der Waals surface area contributed by atoms with Gasteiger partial charge in [-0.15, -0.1) is 9.83 Å². The maximum atomic E-state index is 14.5. The monoisotopic (exact) mass is 892 g/mol. The van der Waals surface area contributed by atoms with Gasteiger partial charge in [0.25, 0.3) is 5.91 Å². The summed E-state index contributed by atoms with van der Waals surface area (Å²) in [5.41, 5.74) is 6.76. The maximum absolute atomic E-state index is 14.5. The number of hydrogen-bond acceptors (Lipinski definition) is 9. The highest BCUT2D eigenvalue weighted by atomic mass is 125. The van der Waals surface area contributed by atoms with Gasteiger partial charge in [-0.25, -0.2) is 14.1 Å². The Balaban J connectivity index is 1.17. The lowest BCUT2D eigenvalue weighted by Crippen LogP contribution is -2.29. The van der Waals surface area contributed by atoms with Gasteiger partial charge < -0.3 is 29.3 Å². The normalized spacial score (nSPS) is 11.3. The van der Waals surface area contributed by atoms with Crippen LogP contribution in [0.5, 0.6) is 11.8 Å². The molecule has 0 saturated carbocycles. The number of fused-ring (bicyclic) bond motifs is 2. The molecule has 13 nitrogen and oxygen atoms in total. The lowest BCUT2D eigenvalue weighted by molar-refractivity contribution is 0.0381. The van der Waals surface area contributed by atoms with E-state index in [1.54, 1.807) is 40.9 Å². The number of aromatic nitrogens is 4. The van der Waals surface area contributed by atoms with Gasteiger partial charge >= 0.3 is 5.97 Å². The van der Waals surface area contributed by atoms with Gasteiger partial charge in [-0.1, -0.05) is 35.5 Å². The third-order valence-corrected chi connectivity index (χ3v) is 11.5. The van der Waals surface area contributed by atoms with Crippen molar-refractivity contribution in [1.29, 1.82) is 0 Å². The zero-order valence-electron chi connectivity index (χ0n) is 33.0. The molecule has 0 bridgehead atoms. The summed E-state index contributed by atoms with van der Waals surface area (Å²) in [6, 6.07) is 29.5. The minimum absolute atomic E-state index is 0.161. The minimum Gasteiger partial charge on any atom is -0.492 e. The van der Waals surface area contributed by atoms with Crippen molar-refractivity contribution < 1.29 is 29.1 Å². The molecule has 298 valence electrons. The first kappa shape index (κ1) is 40.1. The number of aromatic hydroxyl groups is 2. The zero-order valence-corrected chi connectivity index (χ0v) is 35.2. The second-order valence-electron chi connectivity index (χ2n) is 13.8. The Hall–Kier alpha value is -6.16. The van der Waals surface area contributed by atoms with Gasteiger partial charge in [0.2, 0.25) is 17.1 Å². The molecule has 3 heterocycles. The molecule has 0 radical (unpaired) electrons. The topological polar surface area (TPSA) is 142 Å². The molecule has 0 atom stereocenters. The summed E-state index contributed by atoms with van der Waals surface area (Å²) in [4.78, 5) is 36.1. The third kappa shape index (κ3) is 7.88. The molecule has 0 fully saturated rings. The van der Waals surface area contributed by atoms with Crippen LogP contribution in [0.25, 0.3) is 33.4 Å². The number of benzene rings is 4. The Bertz CT molecular complexity index is 2630. The number of carbonyl (C=O) groups is 2. The van der Waals surface area contributed by atoms with Crippen molar-refractivity contribution in [2.24, 2.45) is 0 Å². The predicted molar refractivity (Wildman–Crippen MR) is 231 cm³/mol. The summed E-state index contributed by atoms with van der Waals surface area (Å²) in [5, 5.41) is 30.4. The van der Waals surface area contributed by atoms with E-state index in [1.807, 2.05) is 24.3 Å². The molecule has 0 saturated heterocycles. The number of carbonyl (C=O) groups excluding carboxylic acids is 2. The SMILES string of the molecule is CCN(CC)c1ccc2c(-c3ccccc3C(=O)N(C)Cc3nnn(Cc4ccc(C(=O)On5c(O)ccc5O)cc4)c3[125I])c3ccc(=[N+](CC)CC)cc-3oc2c1.